The number of benzene rings is 1. The van der Waals surface area contributed by atoms with E-state index in [1.54, 1.807) is 0 Å². The van der Waals surface area contributed by atoms with E-state index in [0.29, 0.717) is 11.5 Å². The number of hydrogen-bond donors (Lipinski definition) is 0. The number of carbonyl (C=O) groups is 1. The molecule has 0 saturated carbocycles. The van der Waals surface area contributed by atoms with Crippen molar-refractivity contribution in [1.29, 1.82) is 0 Å². The maximum atomic E-state index is 12.3. The molecule has 98 valence electrons. The van der Waals surface area contributed by atoms with Crippen LogP contribution in [0.3, 0.4) is 0 Å². The van der Waals surface area contributed by atoms with E-state index in [1.807, 2.05) is 49.4 Å². The average Bonchev–Trinajstić information content (AvgIpc) is 2.67. The molecular formula is C16H18N2O. The third-order valence-electron chi connectivity index (χ3n) is 2.82. The molecule has 19 heavy (non-hydrogen) atoms. The van der Waals surface area contributed by atoms with Crippen LogP contribution in [-0.2, 0) is 4.79 Å². The zero-order valence-electron chi connectivity index (χ0n) is 11.5. The molecule has 1 aromatic rings. The molecule has 0 saturated heterocycles. The summed E-state index contributed by atoms with van der Waals surface area (Å²) in [5, 5.41) is 5.77. The number of anilines is 1. The van der Waals surface area contributed by atoms with Crippen molar-refractivity contribution in [2.24, 2.45) is 11.0 Å². The number of hydrogen-bond acceptors (Lipinski definition) is 2. The van der Waals surface area contributed by atoms with Gasteiger partial charge in [0.1, 0.15) is 0 Å². The van der Waals surface area contributed by atoms with Crippen molar-refractivity contribution in [3.63, 3.8) is 0 Å². The molecule has 3 nitrogen and oxygen atoms in total. The molecule has 3 heteroatoms. The summed E-state index contributed by atoms with van der Waals surface area (Å²) in [5.74, 6) is 0.396. The number of allylic oxidation sites excluding steroid dienone is 3. The van der Waals surface area contributed by atoms with Crippen molar-refractivity contribution >= 4 is 17.3 Å². The Bertz CT molecular complexity index is 553. The lowest BCUT2D eigenvalue weighted by atomic mass is 10.1. The fourth-order valence-electron chi connectivity index (χ4n) is 1.83. The fraction of sp³-hybridized carbons (Fsp3) is 0.250. The van der Waals surface area contributed by atoms with Crippen LogP contribution >= 0.6 is 0 Å². The lowest BCUT2D eigenvalue weighted by molar-refractivity contribution is -0.114. The number of hydrazone groups is 1. The quantitative estimate of drug-likeness (QED) is 0.759. The predicted molar refractivity (Wildman–Crippen MR) is 79.1 cm³/mol. The summed E-state index contributed by atoms with van der Waals surface area (Å²) >= 11 is 0. The van der Waals surface area contributed by atoms with E-state index in [2.05, 4.69) is 25.0 Å². The van der Waals surface area contributed by atoms with Crippen molar-refractivity contribution in [1.82, 2.24) is 0 Å². The summed E-state index contributed by atoms with van der Waals surface area (Å²) in [4.78, 5) is 12.3. The maximum absolute atomic E-state index is 12.3. The Morgan fingerprint density at radius 2 is 1.89 bits per heavy atom. The van der Waals surface area contributed by atoms with Crippen molar-refractivity contribution in [3.05, 3.63) is 54.1 Å². The molecule has 0 radical (unpaired) electrons. The molecular weight excluding hydrogens is 236 g/mol. The van der Waals surface area contributed by atoms with E-state index >= 15 is 0 Å². The second kappa shape index (κ2) is 5.65. The van der Waals surface area contributed by atoms with Gasteiger partial charge in [0.25, 0.3) is 5.91 Å². The fourth-order valence-corrected chi connectivity index (χ4v) is 1.83. The van der Waals surface area contributed by atoms with Gasteiger partial charge < -0.3 is 0 Å². The van der Waals surface area contributed by atoms with Gasteiger partial charge in [-0.05, 0) is 31.1 Å². The van der Waals surface area contributed by atoms with E-state index in [9.17, 15) is 4.79 Å². The smallest absolute Gasteiger partial charge is 0.267 e. The van der Waals surface area contributed by atoms with Crippen LogP contribution in [0.4, 0.5) is 5.69 Å². The highest BCUT2D eigenvalue weighted by Crippen LogP contribution is 2.23. The zero-order chi connectivity index (χ0) is 13.8. The molecule has 2 rings (SSSR count). The molecule has 1 aliphatic rings. The van der Waals surface area contributed by atoms with Crippen molar-refractivity contribution in [2.45, 2.75) is 20.8 Å². The van der Waals surface area contributed by atoms with Gasteiger partial charge in [0.2, 0.25) is 0 Å². The first-order valence-electron chi connectivity index (χ1n) is 6.43. The minimum Gasteiger partial charge on any atom is -0.267 e. The minimum atomic E-state index is -0.0721. The number of amides is 1. The van der Waals surface area contributed by atoms with Crippen LogP contribution in [0.2, 0.25) is 0 Å². The Hall–Kier alpha value is -2.16. The second-order valence-electron chi connectivity index (χ2n) is 4.85. The van der Waals surface area contributed by atoms with Gasteiger partial charge in [0, 0.05) is 0 Å². The van der Waals surface area contributed by atoms with E-state index in [0.717, 1.165) is 11.4 Å². The third kappa shape index (κ3) is 2.99. The standard InChI is InChI=1S/C16H18N2O/c1-12(2)8-7-11-15-13(3)17-18(16(15)19)14-9-5-4-6-10-14/h4-12H,1-3H3/b8-7+,15-11-. The SMILES string of the molecule is CC1=NN(c2ccccc2)C(=O)/C1=C\C=C\C(C)C. The normalized spacial score (nSPS) is 17.9. The van der Waals surface area contributed by atoms with Gasteiger partial charge in [-0.3, -0.25) is 4.79 Å². The number of nitrogens with zero attached hydrogens (tertiary/aromatic N) is 2. The molecule has 0 unspecified atom stereocenters. The summed E-state index contributed by atoms with van der Waals surface area (Å²) in [6.45, 7) is 6.06. The Kier molecular flexibility index (Phi) is 3.95. The molecule has 0 N–H and O–H groups in total. The second-order valence-corrected chi connectivity index (χ2v) is 4.85. The highest BCUT2D eigenvalue weighted by Gasteiger charge is 2.27. The van der Waals surface area contributed by atoms with Crippen LogP contribution in [0.5, 0.6) is 0 Å². The van der Waals surface area contributed by atoms with Crippen LogP contribution in [0.25, 0.3) is 0 Å². The van der Waals surface area contributed by atoms with E-state index < -0.39 is 0 Å². The number of para-hydroxylation sites is 1. The molecule has 0 spiro atoms. The minimum absolute atomic E-state index is 0.0721. The lowest BCUT2D eigenvalue weighted by Crippen LogP contribution is -2.21. The first-order chi connectivity index (χ1) is 9.09. The molecule has 0 bridgehead atoms. The summed E-state index contributed by atoms with van der Waals surface area (Å²) in [6, 6.07) is 9.47. The molecule has 1 aromatic carbocycles. The van der Waals surface area contributed by atoms with E-state index in [-0.39, 0.29) is 5.91 Å². The van der Waals surface area contributed by atoms with Crippen molar-refractivity contribution < 1.29 is 4.79 Å². The summed E-state index contributed by atoms with van der Waals surface area (Å²) in [5.41, 5.74) is 2.20. The topological polar surface area (TPSA) is 32.7 Å². The van der Waals surface area contributed by atoms with Crippen LogP contribution in [0.1, 0.15) is 20.8 Å². The summed E-state index contributed by atoms with van der Waals surface area (Å²) in [6.07, 6.45) is 5.81. The highest BCUT2D eigenvalue weighted by atomic mass is 16.2. The highest BCUT2D eigenvalue weighted by molar-refractivity contribution is 6.29. The largest absolute Gasteiger partial charge is 0.280 e. The Morgan fingerprint density at radius 3 is 2.53 bits per heavy atom. The average molecular weight is 254 g/mol. The van der Waals surface area contributed by atoms with Gasteiger partial charge in [-0.15, -0.1) is 0 Å². The van der Waals surface area contributed by atoms with Gasteiger partial charge in [0.15, 0.2) is 0 Å². The molecule has 1 heterocycles. The van der Waals surface area contributed by atoms with Crippen molar-refractivity contribution in [3.8, 4) is 0 Å². The van der Waals surface area contributed by atoms with Gasteiger partial charge in [-0.2, -0.15) is 10.1 Å². The molecule has 0 aliphatic carbocycles. The first kappa shape index (κ1) is 13.3. The van der Waals surface area contributed by atoms with Gasteiger partial charge in [-0.25, -0.2) is 0 Å². The lowest BCUT2D eigenvalue weighted by Gasteiger charge is -2.10. The van der Waals surface area contributed by atoms with Crippen molar-refractivity contribution in [2.75, 3.05) is 5.01 Å². The molecule has 0 aromatic heterocycles. The number of rotatable bonds is 3. The molecule has 0 fully saturated rings. The molecule has 1 amide bonds. The first-order valence-corrected chi connectivity index (χ1v) is 6.43. The van der Waals surface area contributed by atoms with Crippen LogP contribution in [0, 0.1) is 5.92 Å². The Balaban J connectivity index is 2.24. The summed E-state index contributed by atoms with van der Waals surface area (Å²) in [7, 11) is 0. The Labute approximate surface area is 113 Å². The van der Waals surface area contributed by atoms with Gasteiger partial charge >= 0.3 is 0 Å². The monoisotopic (exact) mass is 254 g/mol. The zero-order valence-corrected chi connectivity index (χ0v) is 11.5. The summed E-state index contributed by atoms with van der Waals surface area (Å²) < 4.78 is 0. The third-order valence-corrected chi connectivity index (χ3v) is 2.82. The maximum Gasteiger partial charge on any atom is 0.280 e. The van der Waals surface area contributed by atoms with Gasteiger partial charge in [-0.1, -0.05) is 44.2 Å². The Morgan fingerprint density at radius 1 is 1.21 bits per heavy atom. The molecule has 0 atom stereocenters. The van der Waals surface area contributed by atoms with Crippen LogP contribution in [0.15, 0.2) is 59.2 Å². The van der Waals surface area contributed by atoms with Crippen LogP contribution in [-0.4, -0.2) is 11.6 Å². The number of carbonyl (C=O) groups excluding carboxylic acids is 1. The van der Waals surface area contributed by atoms with E-state index in [4.69, 9.17) is 0 Å². The van der Waals surface area contributed by atoms with E-state index in [1.165, 1.54) is 5.01 Å². The van der Waals surface area contributed by atoms with Crippen LogP contribution < -0.4 is 5.01 Å². The predicted octanol–water partition coefficient (Wildman–Crippen LogP) is 3.55. The van der Waals surface area contributed by atoms with Gasteiger partial charge in [0.05, 0.1) is 17.0 Å². The molecule has 1 aliphatic heterocycles.